The first kappa shape index (κ1) is 20.2. The lowest BCUT2D eigenvalue weighted by atomic mass is 10.1. The lowest BCUT2D eigenvalue weighted by molar-refractivity contribution is -0.137. The third-order valence-electron chi connectivity index (χ3n) is 4.23. The minimum absolute atomic E-state index is 0.0890. The maximum Gasteiger partial charge on any atom is 0.419 e. The molecule has 29 heavy (non-hydrogen) atoms. The SMILES string of the molecule is CCn1ccc(Nc2cc(Nc3c(C)cccc3C(N)=O)c(C(F)(F)F)cn2)n1. The minimum Gasteiger partial charge on any atom is -0.366 e. The number of halogens is 3. The molecule has 0 aliphatic rings. The third kappa shape index (κ3) is 4.48. The van der Waals surface area contributed by atoms with E-state index in [1.807, 2.05) is 6.92 Å². The zero-order valence-corrected chi connectivity index (χ0v) is 15.7. The van der Waals surface area contributed by atoms with Gasteiger partial charge in [-0.25, -0.2) is 4.98 Å². The van der Waals surface area contributed by atoms with E-state index < -0.39 is 17.6 Å². The largest absolute Gasteiger partial charge is 0.419 e. The second-order valence-corrected chi connectivity index (χ2v) is 6.28. The first-order valence-electron chi connectivity index (χ1n) is 8.73. The minimum atomic E-state index is -4.65. The van der Waals surface area contributed by atoms with E-state index in [4.69, 9.17) is 5.73 Å². The zero-order chi connectivity index (χ0) is 21.2. The number of primary amides is 1. The molecule has 1 amide bonds. The zero-order valence-electron chi connectivity index (χ0n) is 15.7. The number of rotatable bonds is 6. The Labute approximate surface area is 164 Å². The summed E-state index contributed by atoms with van der Waals surface area (Å²) in [7, 11) is 0. The molecule has 0 saturated heterocycles. The Bertz CT molecular complexity index is 1040. The molecule has 0 radical (unpaired) electrons. The molecule has 0 saturated carbocycles. The topological polar surface area (TPSA) is 97.9 Å². The van der Waals surface area contributed by atoms with E-state index in [9.17, 15) is 18.0 Å². The van der Waals surface area contributed by atoms with Crippen molar-refractivity contribution in [2.24, 2.45) is 5.73 Å². The Balaban J connectivity index is 2.03. The van der Waals surface area contributed by atoms with Crippen LogP contribution in [0.4, 0.5) is 36.2 Å². The van der Waals surface area contributed by atoms with Crippen LogP contribution in [-0.4, -0.2) is 20.7 Å². The van der Waals surface area contributed by atoms with E-state index >= 15 is 0 Å². The fraction of sp³-hybridized carbons (Fsp3) is 0.211. The van der Waals surface area contributed by atoms with Crippen LogP contribution in [0, 0.1) is 6.92 Å². The maximum absolute atomic E-state index is 13.5. The van der Waals surface area contributed by atoms with Gasteiger partial charge in [0.1, 0.15) is 5.82 Å². The Morgan fingerprint density at radius 1 is 1.21 bits per heavy atom. The van der Waals surface area contributed by atoms with E-state index in [-0.39, 0.29) is 22.8 Å². The molecule has 4 N–H and O–H groups in total. The number of hydrogen-bond donors (Lipinski definition) is 3. The van der Waals surface area contributed by atoms with Gasteiger partial charge in [0, 0.05) is 31.1 Å². The summed E-state index contributed by atoms with van der Waals surface area (Å²) < 4.78 is 42.2. The highest BCUT2D eigenvalue weighted by Crippen LogP contribution is 2.38. The van der Waals surface area contributed by atoms with Gasteiger partial charge in [0.15, 0.2) is 5.82 Å². The molecule has 0 fully saturated rings. The van der Waals surface area contributed by atoms with E-state index in [1.165, 1.54) is 12.1 Å². The molecule has 3 aromatic rings. The van der Waals surface area contributed by atoms with Crippen molar-refractivity contribution in [3.63, 3.8) is 0 Å². The number of carbonyl (C=O) groups is 1. The smallest absolute Gasteiger partial charge is 0.366 e. The molecule has 0 bridgehead atoms. The summed E-state index contributed by atoms with van der Waals surface area (Å²) in [6.07, 6.45) is -2.19. The summed E-state index contributed by atoms with van der Waals surface area (Å²) in [5.41, 5.74) is 5.01. The van der Waals surface area contributed by atoms with E-state index in [1.54, 1.807) is 36.0 Å². The molecule has 152 valence electrons. The lowest BCUT2D eigenvalue weighted by Crippen LogP contribution is -2.16. The standard InChI is InChI=1S/C19H19F3N6O/c1-3-28-8-7-15(27-28)26-16-9-14(13(10-24-16)19(20,21)22)25-17-11(2)5-4-6-12(17)18(23)29/h4-10H,3H2,1-2H3,(H2,23,29)(H2,24,25,26,27). The van der Waals surface area contributed by atoms with Crippen molar-refractivity contribution in [2.45, 2.75) is 26.6 Å². The van der Waals surface area contributed by atoms with Crippen LogP contribution in [0.5, 0.6) is 0 Å². The van der Waals surface area contributed by atoms with Crippen molar-refractivity contribution in [3.05, 3.63) is 59.4 Å². The quantitative estimate of drug-likeness (QED) is 0.572. The molecular weight excluding hydrogens is 385 g/mol. The van der Waals surface area contributed by atoms with Crippen LogP contribution in [-0.2, 0) is 12.7 Å². The average molecular weight is 404 g/mol. The molecule has 2 aromatic heterocycles. The van der Waals surface area contributed by atoms with Crippen molar-refractivity contribution < 1.29 is 18.0 Å². The predicted molar refractivity (Wildman–Crippen MR) is 103 cm³/mol. The van der Waals surface area contributed by atoms with Crippen LogP contribution >= 0.6 is 0 Å². The number of anilines is 4. The van der Waals surface area contributed by atoms with Gasteiger partial charge >= 0.3 is 6.18 Å². The van der Waals surface area contributed by atoms with E-state index in [0.717, 1.165) is 6.20 Å². The van der Waals surface area contributed by atoms with Crippen LogP contribution in [0.15, 0.2) is 42.7 Å². The fourth-order valence-electron chi connectivity index (χ4n) is 2.76. The predicted octanol–water partition coefficient (Wildman–Crippen LogP) is 4.21. The monoisotopic (exact) mass is 404 g/mol. The number of amides is 1. The number of alkyl halides is 3. The van der Waals surface area contributed by atoms with Crippen molar-refractivity contribution in [2.75, 3.05) is 10.6 Å². The molecule has 0 aliphatic heterocycles. The van der Waals surface area contributed by atoms with Gasteiger partial charge in [0.25, 0.3) is 5.91 Å². The van der Waals surface area contributed by atoms with Gasteiger partial charge in [-0.2, -0.15) is 18.3 Å². The summed E-state index contributed by atoms with van der Waals surface area (Å²) in [4.78, 5) is 15.6. The van der Waals surface area contributed by atoms with E-state index in [0.29, 0.717) is 17.9 Å². The number of aromatic nitrogens is 3. The number of nitrogens with zero attached hydrogens (tertiary/aromatic N) is 3. The van der Waals surface area contributed by atoms with Crippen molar-refractivity contribution in [1.82, 2.24) is 14.8 Å². The Hall–Kier alpha value is -3.56. The first-order valence-corrected chi connectivity index (χ1v) is 8.73. The van der Waals surface area contributed by atoms with Gasteiger partial charge in [-0.1, -0.05) is 12.1 Å². The first-order chi connectivity index (χ1) is 13.7. The molecule has 10 heteroatoms. The van der Waals surface area contributed by atoms with Gasteiger partial charge in [0.2, 0.25) is 0 Å². The number of nitrogens with one attached hydrogen (secondary N) is 2. The fourth-order valence-corrected chi connectivity index (χ4v) is 2.76. The maximum atomic E-state index is 13.5. The molecule has 0 unspecified atom stereocenters. The van der Waals surface area contributed by atoms with Crippen LogP contribution in [0.3, 0.4) is 0 Å². The van der Waals surface area contributed by atoms with Crippen molar-refractivity contribution in [1.29, 1.82) is 0 Å². The van der Waals surface area contributed by atoms with Gasteiger partial charge in [-0.3, -0.25) is 9.48 Å². The van der Waals surface area contributed by atoms with Crippen LogP contribution in [0.25, 0.3) is 0 Å². The highest BCUT2D eigenvalue weighted by Gasteiger charge is 2.34. The van der Waals surface area contributed by atoms with Crippen LogP contribution in [0.2, 0.25) is 0 Å². The normalized spacial score (nSPS) is 11.3. The summed E-state index contributed by atoms with van der Waals surface area (Å²) in [5.74, 6) is -0.142. The summed E-state index contributed by atoms with van der Waals surface area (Å²) in [6, 6.07) is 7.62. The molecule has 1 aromatic carbocycles. The number of hydrogen-bond acceptors (Lipinski definition) is 5. The number of pyridine rings is 1. The summed E-state index contributed by atoms with van der Waals surface area (Å²) in [6.45, 7) is 4.23. The van der Waals surface area contributed by atoms with Crippen LogP contribution < -0.4 is 16.4 Å². The van der Waals surface area contributed by atoms with Gasteiger partial charge in [-0.15, -0.1) is 0 Å². The van der Waals surface area contributed by atoms with Crippen molar-refractivity contribution in [3.8, 4) is 0 Å². The highest BCUT2D eigenvalue weighted by molar-refractivity contribution is 6.00. The Morgan fingerprint density at radius 3 is 2.59 bits per heavy atom. The van der Waals surface area contributed by atoms with Crippen LogP contribution in [0.1, 0.15) is 28.4 Å². The number of para-hydroxylation sites is 1. The Morgan fingerprint density at radius 2 is 1.97 bits per heavy atom. The third-order valence-corrected chi connectivity index (χ3v) is 4.23. The molecule has 0 spiro atoms. The molecular formula is C19H19F3N6O. The molecule has 2 heterocycles. The summed E-state index contributed by atoms with van der Waals surface area (Å²) >= 11 is 0. The highest BCUT2D eigenvalue weighted by atomic mass is 19.4. The average Bonchev–Trinajstić information content (AvgIpc) is 3.10. The van der Waals surface area contributed by atoms with Gasteiger partial charge in [-0.05, 0) is 25.5 Å². The number of aryl methyl sites for hydroxylation is 2. The van der Waals surface area contributed by atoms with Crippen molar-refractivity contribution >= 4 is 28.9 Å². The summed E-state index contributed by atoms with van der Waals surface area (Å²) in [5, 5.41) is 9.81. The second-order valence-electron chi connectivity index (χ2n) is 6.28. The number of nitrogens with two attached hydrogens (primary N) is 1. The molecule has 0 aliphatic carbocycles. The van der Waals surface area contributed by atoms with Gasteiger partial charge in [0.05, 0.1) is 22.5 Å². The second kappa shape index (κ2) is 7.82. The number of benzene rings is 1. The molecule has 0 atom stereocenters. The van der Waals surface area contributed by atoms with Gasteiger partial charge < -0.3 is 16.4 Å². The Kier molecular flexibility index (Phi) is 5.44. The molecule has 7 nitrogen and oxygen atoms in total. The number of carbonyl (C=O) groups excluding carboxylic acids is 1. The lowest BCUT2D eigenvalue weighted by Gasteiger charge is -2.18. The molecule has 3 rings (SSSR count). The van der Waals surface area contributed by atoms with E-state index in [2.05, 4.69) is 20.7 Å².